The molecule has 0 aliphatic carbocycles. The summed E-state index contributed by atoms with van der Waals surface area (Å²) < 4.78 is 4.75. The number of carbonyl (C=O) groups excluding carboxylic acids is 1. The SMILES string of the molecule is CCCCCCC(C)O.[CH2]CCCCCCCCCC(=O)OCCO. The number of hydrogen-bond donors (Lipinski definition) is 2. The van der Waals surface area contributed by atoms with Crippen molar-refractivity contribution < 1.29 is 19.7 Å². The van der Waals surface area contributed by atoms with Crippen LogP contribution in [-0.4, -0.2) is 35.5 Å². The molecule has 1 atom stereocenters. The van der Waals surface area contributed by atoms with Crippen molar-refractivity contribution in [2.24, 2.45) is 0 Å². The first-order valence-electron chi connectivity index (χ1n) is 10.3. The van der Waals surface area contributed by atoms with Crippen molar-refractivity contribution in [1.29, 1.82) is 0 Å². The highest BCUT2D eigenvalue weighted by Gasteiger charge is 2.01. The van der Waals surface area contributed by atoms with E-state index in [4.69, 9.17) is 14.9 Å². The molecule has 0 bridgehead atoms. The van der Waals surface area contributed by atoms with E-state index in [0.717, 1.165) is 25.7 Å². The summed E-state index contributed by atoms with van der Waals surface area (Å²) in [6.07, 6.45) is 15.7. The second-order valence-corrected chi connectivity index (χ2v) is 6.72. The highest BCUT2D eigenvalue weighted by atomic mass is 16.5. The lowest BCUT2D eigenvalue weighted by Crippen LogP contribution is -2.07. The zero-order valence-electron chi connectivity index (χ0n) is 16.8. The maximum absolute atomic E-state index is 11.0. The lowest BCUT2D eigenvalue weighted by atomic mass is 10.1. The molecule has 0 aromatic rings. The van der Waals surface area contributed by atoms with Gasteiger partial charge < -0.3 is 14.9 Å². The maximum atomic E-state index is 11.0. The van der Waals surface area contributed by atoms with Crippen molar-refractivity contribution in [3.63, 3.8) is 0 Å². The smallest absolute Gasteiger partial charge is 0.305 e. The van der Waals surface area contributed by atoms with Gasteiger partial charge in [0.25, 0.3) is 0 Å². The van der Waals surface area contributed by atoms with Crippen molar-refractivity contribution in [2.75, 3.05) is 13.2 Å². The predicted octanol–water partition coefficient (Wildman–Crippen LogP) is 5.20. The highest BCUT2D eigenvalue weighted by Crippen LogP contribution is 2.09. The molecule has 2 N–H and O–H groups in total. The minimum Gasteiger partial charge on any atom is -0.463 e. The Hall–Kier alpha value is -0.610. The number of carbonyl (C=O) groups is 1. The van der Waals surface area contributed by atoms with E-state index < -0.39 is 0 Å². The van der Waals surface area contributed by atoms with Gasteiger partial charge in [-0.3, -0.25) is 4.79 Å². The summed E-state index contributed by atoms with van der Waals surface area (Å²) in [5.74, 6) is -0.189. The van der Waals surface area contributed by atoms with Gasteiger partial charge in [0.15, 0.2) is 0 Å². The largest absolute Gasteiger partial charge is 0.463 e. The van der Waals surface area contributed by atoms with Gasteiger partial charge in [0, 0.05) is 6.42 Å². The molecule has 0 aliphatic rings. The molecule has 0 fully saturated rings. The summed E-state index contributed by atoms with van der Waals surface area (Å²) in [5, 5.41) is 17.3. The molecule has 0 heterocycles. The Morgan fingerprint density at radius 3 is 2.04 bits per heavy atom. The molecule has 151 valence electrons. The Morgan fingerprint density at radius 1 is 0.960 bits per heavy atom. The molecule has 0 saturated carbocycles. The van der Waals surface area contributed by atoms with Crippen LogP contribution in [0.1, 0.15) is 104 Å². The van der Waals surface area contributed by atoms with Crippen molar-refractivity contribution in [3.8, 4) is 0 Å². The van der Waals surface area contributed by atoms with Gasteiger partial charge >= 0.3 is 5.97 Å². The average Bonchev–Trinajstić information content (AvgIpc) is 2.59. The van der Waals surface area contributed by atoms with Crippen molar-refractivity contribution in [1.82, 2.24) is 0 Å². The zero-order valence-corrected chi connectivity index (χ0v) is 16.8. The first-order valence-corrected chi connectivity index (χ1v) is 10.3. The van der Waals surface area contributed by atoms with Gasteiger partial charge in [-0.25, -0.2) is 0 Å². The summed E-state index contributed by atoms with van der Waals surface area (Å²) >= 11 is 0. The van der Waals surface area contributed by atoms with E-state index in [0.29, 0.717) is 6.42 Å². The molecular weight excluding hydrogens is 316 g/mol. The van der Waals surface area contributed by atoms with E-state index in [1.54, 1.807) is 0 Å². The van der Waals surface area contributed by atoms with Crippen molar-refractivity contribution in [2.45, 2.75) is 110 Å². The van der Waals surface area contributed by atoms with Crippen LogP contribution in [0.3, 0.4) is 0 Å². The molecule has 0 spiro atoms. The molecule has 1 radical (unpaired) electrons. The van der Waals surface area contributed by atoms with Crippen LogP contribution in [0.25, 0.3) is 0 Å². The van der Waals surface area contributed by atoms with Crippen LogP contribution in [0.5, 0.6) is 0 Å². The molecule has 0 aromatic carbocycles. The number of rotatable bonds is 16. The van der Waals surface area contributed by atoms with E-state index >= 15 is 0 Å². The summed E-state index contributed by atoms with van der Waals surface area (Å²) in [4.78, 5) is 11.0. The van der Waals surface area contributed by atoms with Crippen LogP contribution in [0.15, 0.2) is 0 Å². The maximum Gasteiger partial charge on any atom is 0.305 e. The lowest BCUT2D eigenvalue weighted by Gasteiger charge is -2.03. The average molecular weight is 360 g/mol. The molecular formula is C21H43O4. The Morgan fingerprint density at radius 2 is 1.52 bits per heavy atom. The number of aliphatic hydroxyl groups excluding tert-OH is 2. The molecule has 0 aromatic heterocycles. The number of ether oxygens (including phenoxy) is 1. The second-order valence-electron chi connectivity index (χ2n) is 6.72. The molecule has 4 heteroatoms. The molecule has 25 heavy (non-hydrogen) atoms. The minimum absolute atomic E-state index is 0.0853. The minimum atomic E-state index is -0.189. The zero-order chi connectivity index (χ0) is 19.2. The Balaban J connectivity index is 0. The van der Waals surface area contributed by atoms with Gasteiger partial charge in [0.05, 0.1) is 12.7 Å². The number of hydrogen-bond acceptors (Lipinski definition) is 4. The number of aliphatic hydroxyl groups is 2. The van der Waals surface area contributed by atoms with Gasteiger partial charge in [-0.1, -0.05) is 84.5 Å². The van der Waals surface area contributed by atoms with Gasteiger partial charge in [-0.05, 0) is 19.8 Å². The van der Waals surface area contributed by atoms with E-state index in [2.05, 4.69) is 13.8 Å². The first kappa shape index (κ1) is 26.6. The fourth-order valence-electron chi connectivity index (χ4n) is 2.43. The molecule has 0 rings (SSSR count). The van der Waals surface area contributed by atoms with Crippen molar-refractivity contribution >= 4 is 5.97 Å². The molecule has 1 unspecified atom stereocenters. The Bertz CT molecular complexity index is 254. The normalized spacial score (nSPS) is 11.6. The Kier molecular flexibility index (Phi) is 24.9. The number of unbranched alkanes of at least 4 members (excludes halogenated alkanes) is 10. The van der Waals surface area contributed by atoms with Gasteiger partial charge in [-0.2, -0.15) is 0 Å². The van der Waals surface area contributed by atoms with E-state index in [1.807, 2.05) is 6.92 Å². The summed E-state index contributed by atoms with van der Waals surface area (Å²) in [6.45, 7) is 7.90. The molecule has 0 aliphatic heterocycles. The fourth-order valence-corrected chi connectivity index (χ4v) is 2.43. The van der Waals surface area contributed by atoms with Gasteiger partial charge in [0.2, 0.25) is 0 Å². The third-order valence-electron chi connectivity index (χ3n) is 3.96. The van der Waals surface area contributed by atoms with Crippen LogP contribution in [0, 0.1) is 6.92 Å². The fraction of sp³-hybridized carbons (Fsp3) is 0.905. The van der Waals surface area contributed by atoms with Crippen LogP contribution < -0.4 is 0 Å². The number of esters is 1. The topological polar surface area (TPSA) is 66.8 Å². The quantitative estimate of drug-likeness (QED) is 0.293. The summed E-state index contributed by atoms with van der Waals surface area (Å²) in [7, 11) is 0. The predicted molar refractivity (Wildman–Crippen MR) is 105 cm³/mol. The third-order valence-corrected chi connectivity index (χ3v) is 3.96. The van der Waals surface area contributed by atoms with Crippen LogP contribution in [0.4, 0.5) is 0 Å². The van der Waals surface area contributed by atoms with Crippen molar-refractivity contribution in [3.05, 3.63) is 6.92 Å². The van der Waals surface area contributed by atoms with E-state index in [9.17, 15) is 4.79 Å². The van der Waals surface area contributed by atoms with Gasteiger partial charge in [0.1, 0.15) is 6.61 Å². The molecule has 4 nitrogen and oxygen atoms in total. The summed E-state index contributed by atoms with van der Waals surface area (Å²) in [5.41, 5.74) is 0. The van der Waals surface area contributed by atoms with E-state index in [1.165, 1.54) is 57.8 Å². The third kappa shape index (κ3) is 28.5. The van der Waals surface area contributed by atoms with Crippen LogP contribution >= 0.6 is 0 Å². The van der Waals surface area contributed by atoms with Crippen LogP contribution in [-0.2, 0) is 9.53 Å². The lowest BCUT2D eigenvalue weighted by molar-refractivity contribution is -0.144. The monoisotopic (exact) mass is 359 g/mol. The standard InChI is InChI=1S/C13H25O3.C8H18O/c1-2-3-4-5-6-7-8-9-10-13(15)16-12-11-14;1-3-4-5-6-7-8(2)9/h14H,1-12H2;8-9H,3-7H2,1-2H3. The van der Waals surface area contributed by atoms with Gasteiger partial charge in [-0.15, -0.1) is 0 Å². The molecule has 0 saturated heterocycles. The second kappa shape index (κ2) is 23.4. The first-order chi connectivity index (χ1) is 12.1. The summed E-state index contributed by atoms with van der Waals surface area (Å²) in [6, 6.07) is 0. The Labute approximate surface area is 156 Å². The molecule has 0 amide bonds. The van der Waals surface area contributed by atoms with Crippen LogP contribution in [0.2, 0.25) is 0 Å². The highest BCUT2D eigenvalue weighted by molar-refractivity contribution is 5.69. The van der Waals surface area contributed by atoms with E-state index in [-0.39, 0.29) is 25.3 Å².